The Balaban J connectivity index is 3.10. The molecule has 0 spiro atoms. The van der Waals surface area contributed by atoms with Crippen molar-refractivity contribution in [3.63, 3.8) is 0 Å². The summed E-state index contributed by atoms with van der Waals surface area (Å²) in [6.07, 6.45) is 0. The second kappa shape index (κ2) is 4.82. The smallest absolute Gasteiger partial charge is 0.0992 e. The van der Waals surface area contributed by atoms with Gasteiger partial charge in [0.1, 0.15) is 0 Å². The molecule has 0 aromatic heterocycles. The lowest BCUT2D eigenvalue weighted by Gasteiger charge is -1.93. The first-order valence-electron chi connectivity index (χ1n) is 3.56. The number of nitrogens with zero attached hydrogens (tertiary/aromatic N) is 1. The van der Waals surface area contributed by atoms with Gasteiger partial charge >= 0.3 is 0 Å². The molecule has 0 saturated carbocycles. The number of halogens is 1. The molecule has 13 heavy (non-hydrogen) atoms. The number of rotatable bonds is 0. The molecule has 1 nitrogen and oxygen atoms in total. The van der Waals surface area contributed by atoms with Gasteiger partial charge in [-0.3, -0.25) is 0 Å². The van der Waals surface area contributed by atoms with Crippen molar-refractivity contribution in [2.75, 3.05) is 5.75 Å². The molecule has 0 amide bonds. The van der Waals surface area contributed by atoms with Gasteiger partial charge in [-0.15, -0.1) is 0 Å². The summed E-state index contributed by atoms with van der Waals surface area (Å²) in [5.74, 6) is 6.13. The number of nitriles is 1. The Morgan fingerprint density at radius 2 is 2.00 bits per heavy atom. The average molecular weight is 208 g/mol. The van der Waals surface area contributed by atoms with E-state index in [9.17, 15) is 0 Å². The molecule has 0 atom stereocenters. The van der Waals surface area contributed by atoms with Crippen LogP contribution in [0, 0.1) is 23.2 Å². The van der Waals surface area contributed by atoms with Gasteiger partial charge < -0.3 is 0 Å². The van der Waals surface area contributed by atoms with E-state index in [4.69, 9.17) is 16.9 Å². The fourth-order valence-corrected chi connectivity index (χ4v) is 1.18. The van der Waals surface area contributed by atoms with E-state index in [0.717, 1.165) is 5.56 Å². The summed E-state index contributed by atoms with van der Waals surface area (Å²) < 4.78 is 0. The summed E-state index contributed by atoms with van der Waals surface area (Å²) in [6.45, 7) is 0. The van der Waals surface area contributed by atoms with Gasteiger partial charge in [0.2, 0.25) is 0 Å². The third kappa shape index (κ3) is 3.03. The van der Waals surface area contributed by atoms with Crippen molar-refractivity contribution in [3.05, 3.63) is 34.3 Å². The molecule has 0 N–H and O–H groups in total. The predicted octanol–water partition coefficient (Wildman–Crippen LogP) is 2.49. The molecule has 0 aliphatic heterocycles. The highest BCUT2D eigenvalue weighted by molar-refractivity contribution is 7.80. The molecule has 1 aromatic carbocycles. The van der Waals surface area contributed by atoms with Crippen molar-refractivity contribution in [2.45, 2.75) is 0 Å². The van der Waals surface area contributed by atoms with Crippen LogP contribution >= 0.6 is 24.2 Å². The predicted molar refractivity (Wildman–Crippen MR) is 56.9 cm³/mol. The van der Waals surface area contributed by atoms with Gasteiger partial charge in [0, 0.05) is 10.6 Å². The van der Waals surface area contributed by atoms with Crippen LogP contribution in [0.2, 0.25) is 5.02 Å². The highest BCUT2D eigenvalue weighted by Gasteiger charge is 1.95. The molecule has 3 heteroatoms. The molecule has 64 valence electrons. The van der Waals surface area contributed by atoms with Crippen LogP contribution in [0.3, 0.4) is 0 Å². The lowest BCUT2D eigenvalue weighted by atomic mass is 10.1. The summed E-state index contributed by atoms with van der Waals surface area (Å²) in [6, 6.07) is 7.04. The van der Waals surface area contributed by atoms with Crippen LogP contribution in [0.1, 0.15) is 11.1 Å². The first kappa shape index (κ1) is 9.99. The van der Waals surface area contributed by atoms with Crippen LogP contribution in [0.25, 0.3) is 0 Å². The Hall–Kier alpha value is -1.09. The Bertz CT molecular complexity index is 409. The normalized spacial score (nSPS) is 8.38. The molecular formula is C10H6ClNS. The molecule has 1 aromatic rings. The lowest BCUT2D eigenvalue weighted by molar-refractivity contribution is 1.48. The third-order valence-corrected chi connectivity index (χ3v) is 1.71. The molecule has 0 bridgehead atoms. The van der Waals surface area contributed by atoms with Gasteiger partial charge in [0.05, 0.1) is 17.4 Å². The van der Waals surface area contributed by atoms with E-state index in [-0.39, 0.29) is 0 Å². The van der Waals surface area contributed by atoms with Crippen molar-refractivity contribution in [1.29, 1.82) is 5.26 Å². The molecule has 0 fully saturated rings. The van der Waals surface area contributed by atoms with Crippen molar-refractivity contribution in [1.82, 2.24) is 0 Å². The first-order valence-corrected chi connectivity index (χ1v) is 4.57. The molecular weight excluding hydrogens is 202 g/mol. The highest BCUT2D eigenvalue weighted by Crippen LogP contribution is 2.13. The fourth-order valence-electron chi connectivity index (χ4n) is 0.868. The molecule has 0 aliphatic rings. The maximum Gasteiger partial charge on any atom is 0.0992 e. The standard InChI is InChI=1S/C10H6ClNS/c11-10-5-8(2-1-3-13)4-9(6-10)7-12/h4-6,13H,3H2. The molecule has 1 rings (SSSR count). The van der Waals surface area contributed by atoms with Crippen LogP contribution in [-0.4, -0.2) is 5.75 Å². The lowest BCUT2D eigenvalue weighted by Crippen LogP contribution is -1.79. The summed E-state index contributed by atoms with van der Waals surface area (Å²) in [4.78, 5) is 0. The van der Waals surface area contributed by atoms with E-state index in [0.29, 0.717) is 16.3 Å². The molecule has 0 heterocycles. The van der Waals surface area contributed by atoms with E-state index in [1.807, 2.05) is 6.07 Å². The van der Waals surface area contributed by atoms with Crippen molar-refractivity contribution < 1.29 is 0 Å². The largest absolute Gasteiger partial charge is 0.192 e. The minimum absolute atomic E-state index is 0.494. The van der Waals surface area contributed by atoms with Gasteiger partial charge in [0.15, 0.2) is 0 Å². The summed E-state index contributed by atoms with van der Waals surface area (Å²) in [5, 5.41) is 9.17. The minimum Gasteiger partial charge on any atom is -0.192 e. The van der Waals surface area contributed by atoms with Gasteiger partial charge in [-0.1, -0.05) is 23.4 Å². The number of benzene rings is 1. The number of thiol groups is 1. The SMILES string of the molecule is N#Cc1cc(Cl)cc(C#CCS)c1. The molecule has 0 aliphatic carbocycles. The van der Waals surface area contributed by atoms with Crippen LogP contribution < -0.4 is 0 Å². The van der Waals surface area contributed by atoms with Crippen molar-refractivity contribution in [2.24, 2.45) is 0 Å². The topological polar surface area (TPSA) is 23.8 Å². The van der Waals surface area contributed by atoms with Crippen molar-refractivity contribution >= 4 is 24.2 Å². The van der Waals surface area contributed by atoms with Crippen LogP contribution in [0.5, 0.6) is 0 Å². The zero-order chi connectivity index (χ0) is 9.68. The monoisotopic (exact) mass is 207 g/mol. The maximum atomic E-state index is 8.64. The Morgan fingerprint density at radius 3 is 2.62 bits per heavy atom. The van der Waals surface area contributed by atoms with Crippen LogP contribution in [0.4, 0.5) is 0 Å². The minimum atomic E-state index is 0.494. The Labute approximate surface area is 87.7 Å². The van der Waals surface area contributed by atoms with Gasteiger partial charge in [-0.2, -0.15) is 17.9 Å². The van der Waals surface area contributed by atoms with Gasteiger partial charge in [0.25, 0.3) is 0 Å². The molecule has 0 unspecified atom stereocenters. The van der Waals surface area contributed by atoms with Crippen LogP contribution in [0.15, 0.2) is 18.2 Å². The molecule has 0 saturated heterocycles. The summed E-state index contributed by atoms with van der Waals surface area (Å²) in [5.41, 5.74) is 1.27. The second-order valence-electron chi connectivity index (χ2n) is 2.30. The van der Waals surface area contributed by atoms with E-state index in [1.165, 1.54) is 0 Å². The summed E-state index contributed by atoms with van der Waals surface area (Å²) in [7, 11) is 0. The second-order valence-corrected chi connectivity index (χ2v) is 3.05. The number of hydrogen-bond acceptors (Lipinski definition) is 2. The third-order valence-electron chi connectivity index (χ3n) is 1.34. The van der Waals surface area contributed by atoms with E-state index in [1.54, 1.807) is 18.2 Å². The first-order chi connectivity index (χ1) is 6.26. The molecule has 0 radical (unpaired) electrons. The average Bonchev–Trinajstić information content (AvgIpc) is 2.14. The Morgan fingerprint density at radius 1 is 1.31 bits per heavy atom. The summed E-state index contributed by atoms with van der Waals surface area (Å²) >= 11 is 9.72. The number of hydrogen-bond donors (Lipinski definition) is 1. The van der Waals surface area contributed by atoms with Crippen molar-refractivity contribution in [3.8, 4) is 17.9 Å². The zero-order valence-corrected chi connectivity index (χ0v) is 8.36. The van der Waals surface area contributed by atoms with Gasteiger partial charge in [-0.25, -0.2) is 0 Å². The van der Waals surface area contributed by atoms with E-state index < -0.39 is 0 Å². The maximum absolute atomic E-state index is 8.64. The van der Waals surface area contributed by atoms with E-state index in [2.05, 4.69) is 24.5 Å². The quantitative estimate of drug-likeness (QED) is 0.513. The fraction of sp³-hybridized carbons (Fsp3) is 0.100. The Kier molecular flexibility index (Phi) is 3.71. The van der Waals surface area contributed by atoms with Crippen LogP contribution in [-0.2, 0) is 0 Å². The highest BCUT2D eigenvalue weighted by atomic mass is 35.5. The van der Waals surface area contributed by atoms with Gasteiger partial charge in [-0.05, 0) is 18.2 Å². The van der Waals surface area contributed by atoms with E-state index >= 15 is 0 Å². The zero-order valence-electron chi connectivity index (χ0n) is 6.71.